The quantitative estimate of drug-likeness (QED) is 0.456. The third kappa shape index (κ3) is 2.97. The van der Waals surface area contributed by atoms with Gasteiger partial charge in [0, 0.05) is 5.75 Å². The van der Waals surface area contributed by atoms with Crippen LogP contribution in [0.3, 0.4) is 0 Å². The topological polar surface area (TPSA) is 60.9 Å². The van der Waals surface area contributed by atoms with Crippen molar-refractivity contribution in [3.8, 4) is 0 Å². The molecule has 0 bridgehead atoms. The Bertz CT molecular complexity index is 924. The maximum absolute atomic E-state index is 12.3. The molecule has 5 heteroatoms. The van der Waals surface area contributed by atoms with Crippen LogP contribution in [0.15, 0.2) is 46.3 Å². The van der Waals surface area contributed by atoms with Crippen molar-refractivity contribution in [2.24, 2.45) is 0 Å². The standard InChI is InChI=1S/C18H19N3OS/c1-11-8-12(2)15(13(3)9-11)10-23-18-20-16-7-5-4-6-14(16)17(22)21(18)19/h4-9H,10,19H2,1-3H3. The van der Waals surface area contributed by atoms with E-state index in [0.29, 0.717) is 16.1 Å². The summed E-state index contributed by atoms with van der Waals surface area (Å²) in [5, 5.41) is 1.08. The van der Waals surface area contributed by atoms with Gasteiger partial charge in [0.15, 0.2) is 5.16 Å². The third-order valence-corrected chi connectivity index (χ3v) is 4.94. The highest BCUT2D eigenvalue weighted by Gasteiger charge is 2.11. The van der Waals surface area contributed by atoms with Gasteiger partial charge in [0.1, 0.15) is 0 Å². The van der Waals surface area contributed by atoms with Gasteiger partial charge in [-0.05, 0) is 49.6 Å². The van der Waals surface area contributed by atoms with E-state index < -0.39 is 0 Å². The van der Waals surface area contributed by atoms with Crippen molar-refractivity contribution >= 4 is 22.7 Å². The average molecular weight is 325 g/mol. The van der Waals surface area contributed by atoms with Crippen LogP contribution in [0.25, 0.3) is 10.9 Å². The number of fused-ring (bicyclic) bond motifs is 1. The minimum atomic E-state index is -0.213. The van der Waals surface area contributed by atoms with E-state index in [1.54, 1.807) is 6.07 Å². The molecule has 1 aromatic heterocycles. The Balaban J connectivity index is 1.97. The van der Waals surface area contributed by atoms with E-state index >= 15 is 0 Å². The van der Waals surface area contributed by atoms with Gasteiger partial charge in [0.05, 0.1) is 10.9 Å². The Hall–Kier alpha value is -2.27. The van der Waals surface area contributed by atoms with E-state index in [4.69, 9.17) is 5.84 Å². The van der Waals surface area contributed by atoms with Crippen LogP contribution in [-0.4, -0.2) is 9.66 Å². The number of nitrogen functional groups attached to an aromatic ring is 1. The predicted octanol–water partition coefficient (Wildman–Crippen LogP) is 3.33. The number of hydrogen-bond donors (Lipinski definition) is 1. The first kappa shape index (κ1) is 15.6. The molecular formula is C18H19N3OS. The molecule has 118 valence electrons. The number of rotatable bonds is 3. The second-order valence-electron chi connectivity index (χ2n) is 5.75. The van der Waals surface area contributed by atoms with E-state index in [1.807, 2.05) is 18.2 Å². The molecule has 0 amide bonds. The molecule has 3 rings (SSSR count). The molecule has 0 unspecified atom stereocenters. The van der Waals surface area contributed by atoms with Crippen molar-refractivity contribution in [3.63, 3.8) is 0 Å². The summed E-state index contributed by atoms with van der Waals surface area (Å²) in [5.74, 6) is 6.67. The normalized spacial score (nSPS) is 11.1. The summed E-state index contributed by atoms with van der Waals surface area (Å²) in [6, 6.07) is 11.6. The SMILES string of the molecule is Cc1cc(C)c(CSc2nc3ccccc3c(=O)n2N)c(C)c1. The molecule has 0 radical (unpaired) electrons. The number of thioether (sulfide) groups is 1. The van der Waals surface area contributed by atoms with Gasteiger partial charge in [-0.15, -0.1) is 0 Å². The van der Waals surface area contributed by atoms with Crippen molar-refractivity contribution < 1.29 is 0 Å². The number of para-hydroxylation sites is 1. The molecular weight excluding hydrogens is 306 g/mol. The van der Waals surface area contributed by atoms with Gasteiger partial charge in [-0.25, -0.2) is 9.66 Å². The second-order valence-corrected chi connectivity index (χ2v) is 6.70. The molecule has 0 aliphatic heterocycles. The van der Waals surface area contributed by atoms with Crippen LogP contribution in [0.5, 0.6) is 0 Å². The summed E-state index contributed by atoms with van der Waals surface area (Å²) in [6.45, 7) is 6.32. The summed E-state index contributed by atoms with van der Waals surface area (Å²) in [4.78, 5) is 16.9. The van der Waals surface area contributed by atoms with Crippen molar-refractivity contribution in [2.45, 2.75) is 31.7 Å². The fourth-order valence-electron chi connectivity index (χ4n) is 2.80. The molecule has 0 atom stereocenters. The summed E-state index contributed by atoms with van der Waals surface area (Å²) < 4.78 is 1.14. The Labute approximate surface area is 139 Å². The van der Waals surface area contributed by atoms with E-state index in [2.05, 4.69) is 37.9 Å². The molecule has 1 heterocycles. The van der Waals surface area contributed by atoms with Crippen LogP contribution in [-0.2, 0) is 5.75 Å². The van der Waals surface area contributed by atoms with Crippen LogP contribution >= 0.6 is 11.8 Å². The maximum atomic E-state index is 12.3. The first-order chi connectivity index (χ1) is 11.0. The highest BCUT2D eigenvalue weighted by Crippen LogP contribution is 2.25. The van der Waals surface area contributed by atoms with Crippen LogP contribution in [0.4, 0.5) is 0 Å². The van der Waals surface area contributed by atoms with E-state index in [0.717, 1.165) is 10.4 Å². The Kier molecular flexibility index (Phi) is 4.13. The lowest BCUT2D eigenvalue weighted by Crippen LogP contribution is -2.29. The number of aryl methyl sites for hydroxylation is 3. The highest BCUT2D eigenvalue weighted by atomic mass is 32.2. The zero-order valence-corrected chi connectivity index (χ0v) is 14.3. The molecule has 2 N–H and O–H groups in total. The number of nitrogens with zero attached hydrogens (tertiary/aromatic N) is 2. The van der Waals surface area contributed by atoms with Crippen LogP contribution in [0, 0.1) is 20.8 Å². The predicted molar refractivity (Wildman–Crippen MR) is 96.4 cm³/mol. The molecule has 23 heavy (non-hydrogen) atoms. The number of hydrogen-bond acceptors (Lipinski definition) is 4. The van der Waals surface area contributed by atoms with Crippen molar-refractivity contribution in [1.29, 1.82) is 0 Å². The van der Waals surface area contributed by atoms with Crippen molar-refractivity contribution in [1.82, 2.24) is 9.66 Å². The van der Waals surface area contributed by atoms with Crippen LogP contribution < -0.4 is 11.4 Å². The number of benzene rings is 2. The highest BCUT2D eigenvalue weighted by molar-refractivity contribution is 7.98. The van der Waals surface area contributed by atoms with Crippen LogP contribution in [0.1, 0.15) is 22.3 Å². The molecule has 2 aromatic carbocycles. The average Bonchev–Trinajstić information content (AvgIpc) is 2.51. The minimum Gasteiger partial charge on any atom is -0.334 e. The summed E-state index contributed by atoms with van der Waals surface area (Å²) in [6.07, 6.45) is 0. The molecule has 0 spiro atoms. The van der Waals surface area contributed by atoms with E-state index in [1.165, 1.54) is 34.0 Å². The first-order valence-electron chi connectivity index (χ1n) is 7.44. The first-order valence-corrected chi connectivity index (χ1v) is 8.42. The molecule has 3 aromatic rings. The van der Waals surface area contributed by atoms with Gasteiger partial charge in [-0.2, -0.15) is 0 Å². The van der Waals surface area contributed by atoms with Gasteiger partial charge in [-0.1, -0.05) is 41.6 Å². The minimum absolute atomic E-state index is 0.213. The maximum Gasteiger partial charge on any atom is 0.280 e. The smallest absolute Gasteiger partial charge is 0.280 e. The second kappa shape index (κ2) is 6.08. The molecule has 4 nitrogen and oxygen atoms in total. The Morgan fingerprint density at radius 1 is 1.13 bits per heavy atom. The van der Waals surface area contributed by atoms with Crippen molar-refractivity contribution in [3.05, 3.63) is 69.0 Å². The van der Waals surface area contributed by atoms with Gasteiger partial charge in [0.2, 0.25) is 0 Å². The molecule has 0 saturated heterocycles. The van der Waals surface area contributed by atoms with Gasteiger partial charge >= 0.3 is 0 Å². The number of nitrogens with two attached hydrogens (primary N) is 1. The van der Waals surface area contributed by atoms with Gasteiger partial charge < -0.3 is 5.84 Å². The summed E-state index contributed by atoms with van der Waals surface area (Å²) >= 11 is 1.49. The fourth-order valence-corrected chi connectivity index (χ4v) is 3.92. The zero-order valence-electron chi connectivity index (χ0n) is 13.5. The molecule has 0 aliphatic carbocycles. The van der Waals surface area contributed by atoms with Gasteiger partial charge in [0.25, 0.3) is 5.56 Å². The molecule has 0 aliphatic rings. The largest absolute Gasteiger partial charge is 0.334 e. The van der Waals surface area contributed by atoms with E-state index in [-0.39, 0.29) is 5.56 Å². The lowest BCUT2D eigenvalue weighted by atomic mass is 10.0. The van der Waals surface area contributed by atoms with E-state index in [9.17, 15) is 4.79 Å². The monoisotopic (exact) mass is 325 g/mol. The Morgan fingerprint density at radius 2 is 1.78 bits per heavy atom. The fraction of sp³-hybridized carbons (Fsp3) is 0.222. The van der Waals surface area contributed by atoms with Crippen LogP contribution in [0.2, 0.25) is 0 Å². The van der Waals surface area contributed by atoms with Crippen molar-refractivity contribution in [2.75, 3.05) is 5.84 Å². The zero-order chi connectivity index (χ0) is 16.6. The number of aromatic nitrogens is 2. The Morgan fingerprint density at radius 3 is 2.48 bits per heavy atom. The molecule has 0 saturated carbocycles. The summed E-state index contributed by atoms with van der Waals surface area (Å²) in [7, 11) is 0. The van der Waals surface area contributed by atoms with Gasteiger partial charge in [-0.3, -0.25) is 4.79 Å². The molecule has 0 fully saturated rings. The summed E-state index contributed by atoms with van der Waals surface area (Å²) in [5.41, 5.74) is 5.49. The third-order valence-electron chi connectivity index (χ3n) is 3.96. The lowest BCUT2D eigenvalue weighted by molar-refractivity contribution is 0.779. The lowest BCUT2D eigenvalue weighted by Gasteiger charge is -2.12.